The van der Waals surface area contributed by atoms with E-state index in [-0.39, 0.29) is 6.61 Å². The van der Waals surface area contributed by atoms with E-state index in [9.17, 15) is 9.90 Å². The monoisotopic (exact) mass is 339 g/mol. The molecule has 3 rings (SSSR count). The number of nitrogens with zero attached hydrogens (tertiary/aromatic N) is 1. The molecule has 3 aromatic rings. The Kier molecular flexibility index (Phi) is 4.81. The molecule has 2 aromatic carbocycles. The molecule has 128 valence electrons. The molecule has 6 nitrogen and oxygen atoms in total. The topological polar surface area (TPSA) is 92.8 Å². The predicted molar refractivity (Wildman–Crippen MR) is 90.0 cm³/mol. The number of carbonyl (C=O) groups is 1. The number of aliphatic hydroxyl groups excluding tert-OH is 1. The minimum absolute atomic E-state index is 0.225. The molecule has 0 spiro atoms. The zero-order valence-corrected chi connectivity index (χ0v) is 13.5. The van der Waals surface area contributed by atoms with E-state index in [1.54, 1.807) is 12.1 Å². The van der Waals surface area contributed by atoms with Gasteiger partial charge in [0.25, 0.3) is 0 Å². The zero-order valence-electron chi connectivity index (χ0n) is 13.5. The Morgan fingerprint density at radius 3 is 2.48 bits per heavy atom. The number of aryl methyl sites for hydroxylation is 1. The number of rotatable bonds is 6. The van der Waals surface area contributed by atoms with E-state index in [1.165, 1.54) is 12.1 Å². The lowest BCUT2D eigenvalue weighted by Gasteiger charge is -2.08. The molecule has 1 unspecified atom stereocenters. The third-order valence-electron chi connectivity index (χ3n) is 3.72. The Bertz CT molecular complexity index is 855. The molecule has 2 N–H and O–H groups in total. The largest absolute Gasteiger partial charge is 0.487 e. The van der Waals surface area contributed by atoms with Crippen LogP contribution in [0, 0.1) is 6.92 Å². The van der Waals surface area contributed by atoms with Gasteiger partial charge in [-0.05, 0) is 36.8 Å². The summed E-state index contributed by atoms with van der Waals surface area (Å²) in [5.74, 6) is 0.471. The van der Waals surface area contributed by atoms with Crippen molar-refractivity contribution in [1.29, 1.82) is 0 Å². The van der Waals surface area contributed by atoms with Gasteiger partial charge in [-0.25, -0.2) is 9.78 Å². The lowest BCUT2D eigenvalue weighted by Crippen LogP contribution is -2.10. The molecule has 1 aromatic heterocycles. The highest BCUT2D eigenvalue weighted by atomic mass is 16.5. The Labute approximate surface area is 144 Å². The van der Waals surface area contributed by atoms with Crippen LogP contribution in [-0.2, 0) is 11.4 Å². The van der Waals surface area contributed by atoms with Crippen molar-refractivity contribution < 1.29 is 24.2 Å². The van der Waals surface area contributed by atoms with Crippen LogP contribution in [0.1, 0.15) is 23.1 Å². The van der Waals surface area contributed by atoms with Crippen molar-refractivity contribution in [2.45, 2.75) is 19.6 Å². The van der Waals surface area contributed by atoms with E-state index >= 15 is 0 Å². The molecule has 25 heavy (non-hydrogen) atoms. The van der Waals surface area contributed by atoms with Gasteiger partial charge < -0.3 is 19.4 Å². The molecular formula is C19H17NO5. The van der Waals surface area contributed by atoms with Crippen LogP contribution >= 0.6 is 0 Å². The van der Waals surface area contributed by atoms with Crippen LogP contribution in [0.15, 0.2) is 59.0 Å². The van der Waals surface area contributed by atoms with E-state index in [0.717, 1.165) is 5.56 Å². The van der Waals surface area contributed by atoms with Crippen LogP contribution in [0.25, 0.3) is 11.5 Å². The number of aromatic nitrogens is 1. The highest BCUT2D eigenvalue weighted by Gasteiger charge is 2.16. The summed E-state index contributed by atoms with van der Waals surface area (Å²) in [4.78, 5) is 15.2. The van der Waals surface area contributed by atoms with Crippen molar-refractivity contribution >= 4 is 5.97 Å². The summed E-state index contributed by atoms with van der Waals surface area (Å²) in [7, 11) is 0. The molecule has 6 heteroatoms. The van der Waals surface area contributed by atoms with Gasteiger partial charge in [0.15, 0.2) is 6.10 Å². The molecule has 1 atom stereocenters. The minimum atomic E-state index is -1.54. The van der Waals surface area contributed by atoms with Gasteiger partial charge in [-0.2, -0.15) is 0 Å². The first-order chi connectivity index (χ1) is 12.0. The van der Waals surface area contributed by atoms with Crippen molar-refractivity contribution in [3.63, 3.8) is 0 Å². The molecule has 0 radical (unpaired) electrons. The van der Waals surface area contributed by atoms with Gasteiger partial charge in [0, 0.05) is 5.56 Å². The molecule has 0 saturated heterocycles. The molecule has 0 aliphatic heterocycles. The molecule has 0 aliphatic carbocycles. The second-order valence-electron chi connectivity index (χ2n) is 5.49. The molecular weight excluding hydrogens is 322 g/mol. The molecule has 0 amide bonds. The molecule has 0 bridgehead atoms. The second-order valence-corrected chi connectivity index (χ2v) is 5.49. The van der Waals surface area contributed by atoms with Crippen LogP contribution in [0.5, 0.6) is 5.75 Å². The van der Waals surface area contributed by atoms with Crippen LogP contribution < -0.4 is 4.74 Å². The first-order valence-electron chi connectivity index (χ1n) is 7.70. The SMILES string of the molecule is Cc1oc(-c2ccccc2)nc1COc1ccc(C(O)C(=O)O)cc1. The number of aliphatic carboxylic acids is 1. The Morgan fingerprint density at radius 1 is 1.16 bits per heavy atom. The maximum absolute atomic E-state index is 10.8. The van der Waals surface area contributed by atoms with Crippen molar-refractivity contribution in [3.05, 3.63) is 71.6 Å². The van der Waals surface area contributed by atoms with Crippen molar-refractivity contribution in [2.24, 2.45) is 0 Å². The fraction of sp³-hybridized carbons (Fsp3) is 0.158. The standard InChI is InChI=1S/C19H17NO5/c1-12-16(20-18(25-12)14-5-3-2-4-6-14)11-24-15-9-7-13(8-10-15)17(21)19(22)23/h2-10,17,21H,11H2,1H3,(H,22,23). The average molecular weight is 339 g/mol. The lowest BCUT2D eigenvalue weighted by molar-refractivity contribution is -0.146. The maximum Gasteiger partial charge on any atom is 0.337 e. The summed E-state index contributed by atoms with van der Waals surface area (Å²) in [6, 6.07) is 15.8. The number of hydrogen-bond acceptors (Lipinski definition) is 5. The van der Waals surface area contributed by atoms with Crippen LogP contribution in [-0.4, -0.2) is 21.2 Å². The van der Waals surface area contributed by atoms with Crippen molar-refractivity contribution in [1.82, 2.24) is 4.98 Å². The number of aliphatic hydroxyl groups is 1. The molecule has 0 saturated carbocycles. The van der Waals surface area contributed by atoms with Crippen molar-refractivity contribution in [3.8, 4) is 17.2 Å². The Balaban J connectivity index is 1.68. The maximum atomic E-state index is 10.8. The third-order valence-corrected chi connectivity index (χ3v) is 3.72. The summed E-state index contributed by atoms with van der Waals surface area (Å²) in [5.41, 5.74) is 1.88. The molecule has 0 aliphatic rings. The highest BCUT2D eigenvalue weighted by molar-refractivity contribution is 5.74. The number of ether oxygens (including phenoxy) is 1. The zero-order chi connectivity index (χ0) is 17.8. The summed E-state index contributed by atoms with van der Waals surface area (Å²) in [6.07, 6.45) is -1.54. The number of benzene rings is 2. The first-order valence-corrected chi connectivity index (χ1v) is 7.70. The Morgan fingerprint density at radius 2 is 1.84 bits per heavy atom. The van der Waals surface area contributed by atoms with E-state index in [4.69, 9.17) is 14.3 Å². The van der Waals surface area contributed by atoms with E-state index < -0.39 is 12.1 Å². The second kappa shape index (κ2) is 7.19. The van der Waals surface area contributed by atoms with Crippen LogP contribution in [0.3, 0.4) is 0 Å². The van der Waals surface area contributed by atoms with Gasteiger partial charge >= 0.3 is 5.97 Å². The Hall–Kier alpha value is -3.12. The highest BCUT2D eigenvalue weighted by Crippen LogP contribution is 2.23. The first kappa shape index (κ1) is 16.7. The summed E-state index contributed by atoms with van der Waals surface area (Å²) >= 11 is 0. The number of hydrogen-bond donors (Lipinski definition) is 2. The summed E-state index contributed by atoms with van der Waals surface area (Å²) in [5, 5.41) is 18.3. The molecule has 1 heterocycles. The smallest absolute Gasteiger partial charge is 0.337 e. The number of carboxylic acids is 1. The lowest BCUT2D eigenvalue weighted by atomic mass is 10.1. The van der Waals surface area contributed by atoms with E-state index in [0.29, 0.717) is 28.7 Å². The van der Waals surface area contributed by atoms with Gasteiger partial charge in [-0.15, -0.1) is 0 Å². The fourth-order valence-electron chi connectivity index (χ4n) is 2.31. The fourth-order valence-corrected chi connectivity index (χ4v) is 2.31. The number of oxazole rings is 1. The summed E-state index contributed by atoms with van der Waals surface area (Å²) in [6.45, 7) is 2.05. The molecule has 0 fully saturated rings. The van der Waals surface area contributed by atoms with Crippen LogP contribution in [0.4, 0.5) is 0 Å². The van der Waals surface area contributed by atoms with Gasteiger partial charge in [-0.1, -0.05) is 30.3 Å². The van der Waals surface area contributed by atoms with Gasteiger partial charge in [0.05, 0.1) is 0 Å². The predicted octanol–water partition coefficient (Wildman–Crippen LogP) is 3.35. The van der Waals surface area contributed by atoms with Gasteiger partial charge in [0.1, 0.15) is 23.8 Å². The van der Waals surface area contributed by atoms with Gasteiger partial charge in [-0.3, -0.25) is 0 Å². The minimum Gasteiger partial charge on any atom is -0.487 e. The normalized spacial score (nSPS) is 11.9. The van der Waals surface area contributed by atoms with E-state index in [1.807, 2.05) is 37.3 Å². The van der Waals surface area contributed by atoms with Gasteiger partial charge in [0.2, 0.25) is 5.89 Å². The average Bonchev–Trinajstić information content (AvgIpc) is 3.01. The number of carboxylic acid groups (broad SMARTS) is 1. The van der Waals surface area contributed by atoms with Crippen LogP contribution in [0.2, 0.25) is 0 Å². The van der Waals surface area contributed by atoms with E-state index in [2.05, 4.69) is 4.98 Å². The quantitative estimate of drug-likeness (QED) is 0.715. The summed E-state index contributed by atoms with van der Waals surface area (Å²) < 4.78 is 11.3. The van der Waals surface area contributed by atoms with Crippen molar-refractivity contribution in [2.75, 3.05) is 0 Å². The third kappa shape index (κ3) is 3.87.